The zero-order chi connectivity index (χ0) is 21.4. The average Bonchev–Trinajstić information content (AvgIpc) is 2.72. The Hall–Kier alpha value is -2.73. The summed E-state index contributed by atoms with van der Waals surface area (Å²) in [5.74, 6) is 0.332. The van der Waals surface area contributed by atoms with E-state index in [0.717, 1.165) is 5.56 Å². The van der Waals surface area contributed by atoms with Gasteiger partial charge in [0.2, 0.25) is 5.91 Å². The molecular formula is C22H27ClN2O4. The summed E-state index contributed by atoms with van der Waals surface area (Å²) < 4.78 is 10.4. The van der Waals surface area contributed by atoms with Crippen molar-refractivity contribution in [3.05, 3.63) is 58.6 Å². The second kappa shape index (κ2) is 10.7. The van der Waals surface area contributed by atoms with Gasteiger partial charge in [-0.2, -0.15) is 0 Å². The van der Waals surface area contributed by atoms with Gasteiger partial charge in [0, 0.05) is 23.2 Å². The van der Waals surface area contributed by atoms with Crippen LogP contribution in [0.25, 0.3) is 0 Å². The first-order valence-electron chi connectivity index (χ1n) is 9.40. The van der Waals surface area contributed by atoms with Gasteiger partial charge in [0.15, 0.2) is 0 Å². The van der Waals surface area contributed by atoms with Gasteiger partial charge in [-0.3, -0.25) is 9.59 Å². The maximum absolute atomic E-state index is 12.7. The Labute approximate surface area is 176 Å². The van der Waals surface area contributed by atoms with E-state index in [4.69, 9.17) is 21.1 Å². The smallest absolute Gasteiger partial charge is 0.252 e. The lowest BCUT2D eigenvalue weighted by atomic mass is 10.0. The van der Waals surface area contributed by atoms with Gasteiger partial charge in [-0.05, 0) is 42.2 Å². The molecule has 0 fully saturated rings. The Kier molecular flexibility index (Phi) is 8.34. The van der Waals surface area contributed by atoms with E-state index < -0.39 is 6.04 Å². The Morgan fingerprint density at radius 1 is 1.00 bits per heavy atom. The quantitative estimate of drug-likeness (QED) is 0.653. The summed E-state index contributed by atoms with van der Waals surface area (Å²) in [5.41, 5.74) is 1.43. The molecule has 0 saturated carbocycles. The van der Waals surface area contributed by atoms with Crippen molar-refractivity contribution in [1.29, 1.82) is 0 Å². The van der Waals surface area contributed by atoms with E-state index in [-0.39, 0.29) is 17.7 Å². The minimum atomic E-state index is -0.662. The van der Waals surface area contributed by atoms with Crippen molar-refractivity contribution >= 4 is 23.4 Å². The van der Waals surface area contributed by atoms with E-state index in [2.05, 4.69) is 10.6 Å². The Morgan fingerprint density at radius 2 is 1.59 bits per heavy atom. The Bertz CT molecular complexity index is 815. The topological polar surface area (TPSA) is 76.7 Å². The molecule has 0 radical (unpaired) electrons. The molecule has 0 saturated heterocycles. The third-order valence-electron chi connectivity index (χ3n) is 4.48. The standard InChI is InChI=1S/C22H27ClN2O4/c1-14(2)20(22(27)24-10-9-15-5-7-17(23)8-6-15)25-21(26)16-11-18(28-3)13-19(12-16)29-4/h5-8,11-14,20H,9-10H2,1-4H3,(H,24,27)(H,25,26). The molecule has 2 N–H and O–H groups in total. The summed E-state index contributed by atoms with van der Waals surface area (Å²) in [4.78, 5) is 25.4. The van der Waals surface area contributed by atoms with E-state index in [1.54, 1.807) is 18.2 Å². The van der Waals surface area contributed by atoms with Crippen molar-refractivity contribution in [3.63, 3.8) is 0 Å². The fraction of sp³-hybridized carbons (Fsp3) is 0.364. The largest absolute Gasteiger partial charge is 0.497 e. The molecule has 0 aliphatic heterocycles. The number of benzene rings is 2. The lowest BCUT2D eigenvalue weighted by molar-refractivity contribution is -0.123. The van der Waals surface area contributed by atoms with E-state index in [9.17, 15) is 9.59 Å². The predicted molar refractivity (Wildman–Crippen MR) is 114 cm³/mol. The molecule has 2 amide bonds. The third kappa shape index (κ3) is 6.68. The number of halogens is 1. The summed E-state index contributed by atoms with van der Waals surface area (Å²) in [7, 11) is 3.03. The molecule has 0 heterocycles. The van der Waals surface area contributed by atoms with Crippen LogP contribution in [0.15, 0.2) is 42.5 Å². The molecule has 2 aromatic carbocycles. The molecule has 1 unspecified atom stereocenters. The molecule has 156 valence electrons. The van der Waals surface area contributed by atoms with Gasteiger partial charge >= 0.3 is 0 Å². The van der Waals surface area contributed by atoms with Crippen LogP contribution in [0.4, 0.5) is 0 Å². The molecule has 29 heavy (non-hydrogen) atoms. The highest BCUT2D eigenvalue weighted by atomic mass is 35.5. The fourth-order valence-electron chi connectivity index (χ4n) is 2.79. The number of carbonyl (C=O) groups excluding carboxylic acids is 2. The summed E-state index contributed by atoms with van der Waals surface area (Å²) in [5, 5.41) is 6.38. The van der Waals surface area contributed by atoms with E-state index in [0.29, 0.717) is 35.1 Å². The maximum atomic E-state index is 12.7. The summed E-state index contributed by atoms with van der Waals surface area (Å²) in [6.07, 6.45) is 0.675. The van der Waals surface area contributed by atoms with Crippen LogP contribution in [-0.4, -0.2) is 38.6 Å². The fourth-order valence-corrected chi connectivity index (χ4v) is 2.92. The average molecular weight is 419 g/mol. The Balaban J connectivity index is 2.00. The molecule has 0 spiro atoms. The zero-order valence-corrected chi connectivity index (χ0v) is 17.9. The molecular weight excluding hydrogens is 392 g/mol. The van der Waals surface area contributed by atoms with E-state index in [1.807, 2.05) is 38.1 Å². The lowest BCUT2D eigenvalue weighted by Crippen LogP contribution is -2.50. The SMILES string of the molecule is COc1cc(OC)cc(C(=O)NC(C(=O)NCCc2ccc(Cl)cc2)C(C)C)c1. The van der Waals surface area contributed by atoms with Crippen LogP contribution < -0.4 is 20.1 Å². The van der Waals surface area contributed by atoms with E-state index in [1.165, 1.54) is 14.2 Å². The van der Waals surface area contributed by atoms with Gasteiger partial charge in [-0.1, -0.05) is 37.6 Å². The number of amides is 2. The van der Waals surface area contributed by atoms with Crippen LogP contribution in [0.5, 0.6) is 11.5 Å². The summed E-state index contributed by atoms with van der Waals surface area (Å²) in [6.45, 7) is 4.23. The second-order valence-corrected chi connectivity index (χ2v) is 7.40. The number of carbonyl (C=O) groups is 2. The number of hydrogen-bond donors (Lipinski definition) is 2. The van der Waals surface area contributed by atoms with Crippen molar-refractivity contribution in [3.8, 4) is 11.5 Å². The van der Waals surface area contributed by atoms with Crippen molar-refractivity contribution in [1.82, 2.24) is 10.6 Å². The molecule has 6 nitrogen and oxygen atoms in total. The van der Waals surface area contributed by atoms with Gasteiger partial charge in [0.1, 0.15) is 17.5 Å². The number of rotatable bonds is 9. The van der Waals surface area contributed by atoms with Crippen LogP contribution in [0.1, 0.15) is 29.8 Å². The minimum absolute atomic E-state index is 0.0815. The van der Waals surface area contributed by atoms with Gasteiger partial charge in [0.05, 0.1) is 14.2 Å². The normalized spacial score (nSPS) is 11.7. The van der Waals surface area contributed by atoms with Crippen LogP contribution in [0.3, 0.4) is 0 Å². The molecule has 7 heteroatoms. The summed E-state index contributed by atoms with van der Waals surface area (Å²) >= 11 is 5.88. The van der Waals surface area contributed by atoms with Gasteiger partial charge in [0.25, 0.3) is 5.91 Å². The highest BCUT2D eigenvalue weighted by Crippen LogP contribution is 2.22. The molecule has 1 atom stereocenters. The number of methoxy groups -OCH3 is 2. The summed E-state index contributed by atoms with van der Waals surface area (Å²) in [6, 6.07) is 11.7. The van der Waals surface area contributed by atoms with Crippen molar-refractivity contribution < 1.29 is 19.1 Å². The number of ether oxygens (including phenoxy) is 2. The molecule has 2 rings (SSSR count). The second-order valence-electron chi connectivity index (χ2n) is 6.96. The van der Waals surface area contributed by atoms with Crippen LogP contribution in [0, 0.1) is 5.92 Å². The van der Waals surface area contributed by atoms with Gasteiger partial charge in [-0.25, -0.2) is 0 Å². The lowest BCUT2D eigenvalue weighted by Gasteiger charge is -2.22. The molecule has 0 aromatic heterocycles. The molecule has 0 aliphatic carbocycles. The number of hydrogen-bond acceptors (Lipinski definition) is 4. The van der Waals surface area contributed by atoms with Crippen molar-refractivity contribution in [2.24, 2.45) is 5.92 Å². The van der Waals surface area contributed by atoms with Crippen LogP contribution in [0.2, 0.25) is 5.02 Å². The first kappa shape index (κ1) is 22.6. The maximum Gasteiger partial charge on any atom is 0.252 e. The predicted octanol–water partition coefficient (Wildman–Crippen LogP) is 3.47. The minimum Gasteiger partial charge on any atom is -0.497 e. The van der Waals surface area contributed by atoms with Crippen LogP contribution >= 0.6 is 11.6 Å². The third-order valence-corrected chi connectivity index (χ3v) is 4.73. The van der Waals surface area contributed by atoms with Crippen molar-refractivity contribution in [2.75, 3.05) is 20.8 Å². The van der Waals surface area contributed by atoms with Crippen molar-refractivity contribution in [2.45, 2.75) is 26.3 Å². The molecule has 0 bridgehead atoms. The molecule has 0 aliphatic rings. The first-order chi connectivity index (χ1) is 13.8. The van der Waals surface area contributed by atoms with Gasteiger partial charge in [-0.15, -0.1) is 0 Å². The highest BCUT2D eigenvalue weighted by molar-refractivity contribution is 6.30. The zero-order valence-electron chi connectivity index (χ0n) is 17.1. The van der Waals surface area contributed by atoms with E-state index >= 15 is 0 Å². The number of nitrogens with one attached hydrogen (secondary N) is 2. The highest BCUT2D eigenvalue weighted by Gasteiger charge is 2.25. The van der Waals surface area contributed by atoms with Crippen LogP contribution in [-0.2, 0) is 11.2 Å². The first-order valence-corrected chi connectivity index (χ1v) is 9.78. The van der Waals surface area contributed by atoms with Gasteiger partial charge < -0.3 is 20.1 Å². The molecule has 2 aromatic rings. The monoisotopic (exact) mass is 418 g/mol. The Morgan fingerprint density at radius 3 is 2.10 bits per heavy atom.